The van der Waals surface area contributed by atoms with E-state index < -0.39 is 31.0 Å². The van der Waals surface area contributed by atoms with Crippen LogP contribution in [0.3, 0.4) is 0 Å². The van der Waals surface area contributed by atoms with Gasteiger partial charge in [0, 0.05) is 42.6 Å². The van der Waals surface area contributed by atoms with Crippen molar-refractivity contribution in [1.29, 1.82) is 0 Å². The normalized spacial score (nSPS) is 16.2. The molecule has 1 fully saturated rings. The van der Waals surface area contributed by atoms with Crippen LogP contribution in [0.1, 0.15) is 35.5 Å². The number of methoxy groups -OCH3 is 2. The number of carbonyl (C=O) groups is 1. The highest BCUT2D eigenvalue weighted by Gasteiger charge is 2.36. The molecule has 1 atom stereocenters. The maximum Gasteiger partial charge on any atom is 0.416 e. The minimum atomic E-state index is -4.55. The molecule has 1 amide bonds. The summed E-state index contributed by atoms with van der Waals surface area (Å²) in [7, 11) is -0.190. The van der Waals surface area contributed by atoms with Crippen molar-refractivity contribution in [3.63, 3.8) is 0 Å². The van der Waals surface area contributed by atoms with Crippen LogP contribution in [0.2, 0.25) is 0 Å². The monoisotopic (exact) mass is 565 g/mol. The van der Waals surface area contributed by atoms with Crippen LogP contribution < -0.4 is 21.1 Å². The number of hydrogen-bond acceptors (Lipinski definition) is 8. The summed E-state index contributed by atoms with van der Waals surface area (Å²) in [5, 5.41) is 4.28. The van der Waals surface area contributed by atoms with Crippen molar-refractivity contribution in [2.24, 2.45) is 0 Å². The van der Waals surface area contributed by atoms with Crippen LogP contribution in [0, 0.1) is 13.8 Å². The van der Waals surface area contributed by atoms with E-state index in [-0.39, 0.29) is 36.7 Å². The molecule has 3 N–H and O–H groups in total. The highest BCUT2D eigenvalue weighted by molar-refractivity contribution is 7.72. The summed E-state index contributed by atoms with van der Waals surface area (Å²) in [6, 6.07) is 5.26. The number of amides is 1. The lowest BCUT2D eigenvalue weighted by molar-refractivity contribution is -0.138. The van der Waals surface area contributed by atoms with Crippen molar-refractivity contribution in [3.05, 3.63) is 46.8 Å². The lowest BCUT2D eigenvalue weighted by Crippen LogP contribution is -2.41. The van der Waals surface area contributed by atoms with E-state index in [1.54, 1.807) is 26.0 Å². The second-order valence-corrected chi connectivity index (χ2v) is 12.8. The van der Waals surface area contributed by atoms with Crippen molar-refractivity contribution in [2.75, 3.05) is 50.7 Å². The Balaban J connectivity index is 1.77. The first-order valence-electron chi connectivity index (χ1n) is 12.3. The number of fused-ring (bicyclic) bond motifs is 1. The van der Waals surface area contributed by atoms with E-state index in [1.165, 1.54) is 32.1 Å². The van der Waals surface area contributed by atoms with Gasteiger partial charge in [-0.2, -0.15) is 13.2 Å². The van der Waals surface area contributed by atoms with E-state index in [0.717, 1.165) is 6.07 Å². The molecule has 1 aliphatic rings. The van der Waals surface area contributed by atoms with Gasteiger partial charge in [-0.25, -0.2) is 14.8 Å². The number of alkyl halides is 3. The molecule has 0 bridgehead atoms. The fraction of sp³-hybridized carbons (Fsp3) is 0.423. The van der Waals surface area contributed by atoms with Crippen LogP contribution in [0.5, 0.6) is 5.75 Å². The molecule has 0 radical (unpaired) electrons. The first kappa shape index (κ1) is 28.5. The highest BCUT2D eigenvalue weighted by Crippen LogP contribution is 2.49. The third-order valence-electron chi connectivity index (χ3n) is 7.04. The molecular weight excluding hydrogens is 534 g/mol. The number of nitrogens with one attached hydrogen (secondary N) is 1. The molecular formula is C26H31F3N5O4P. The Morgan fingerprint density at radius 2 is 1.79 bits per heavy atom. The van der Waals surface area contributed by atoms with E-state index in [1.807, 2.05) is 0 Å². The largest absolute Gasteiger partial charge is 0.496 e. The van der Waals surface area contributed by atoms with Gasteiger partial charge in [-0.3, -0.25) is 0 Å². The summed E-state index contributed by atoms with van der Waals surface area (Å²) in [5.41, 5.74) is 6.01. The SMILES string of the molecule is COC(=O)N1CCP(=O)(c2cc3c(N[C@H](C)c4cc(N)cc(C(F)(F)F)c4C)nc(C)nc3cc2OC)CC1. The molecule has 39 heavy (non-hydrogen) atoms. The fourth-order valence-electron chi connectivity index (χ4n) is 4.98. The molecule has 9 nitrogen and oxygen atoms in total. The molecule has 4 rings (SSSR count). The van der Waals surface area contributed by atoms with Crippen molar-refractivity contribution in [3.8, 4) is 5.75 Å². The van der Waals surface area contributed by atoms with Crippen LogP contribution in [0.15, 0.2) is 24.3 Å². The number of hydrogen-bond donors (Lipinski definition) is 2. The molecule has 13 heteroatoms. The number of carbonyl (C=O) groups excluding carboxylic acids is 1. The van der Waals surface area contributed by atoms with E-state index in [4.69, 9.17) is 15.2 Å². The first-order valence-corrected chi connectivity index (χ1v) is 14.4. The molecule has 0 unspecified atom stereocenters. The van der Waals surface area contributed by atoms with Crippen LogP contribution in [0.4, 0.5) is 29.5 Å². The molecule has 0 aliphatic carbocycles. The zero-order valence-corrected chi connectivity index (χ0v) is 23.2. The standard InChI is InChI=1S/C26H31F3N5O4P/c1-14-18(10-17(30)11-20(14)26(27,28)29)15(2)31-24-19-12-23(22(37-4)13-21(19)32-16(3)33-24)39(36)8-6-34(7-9-39)25(35)38-5/h10-13,15H,6-9,30H2,1-5H3,(H,31,32,33)/t15-/m1/s1. The maximum absolute atomic E-state index is 14.1. The molecule has 1 aromatic heterocycles. The van der Waals surface area contributed by atoms with Gasteiger partial charge in [0.2, 0.25) is 0 Å². The zero-order valence-electron chi connectivity index (χ0n) is 22.3. The number of nitrogens with zero attached hydrogens (tertiary/aromatic N) is 3. The third-order valence-corrected chi connectivity index (χ3v) is 10.1. The lowest BCUT2D eigenvalue weighted by Gasteiger charge is -2.32. The van der Waals surface area contributed by atoms with Crippen LogP contribution in [-0.2, 0) is 15.5 Å². The average Bonchev–Trinajstić information content (AvgIpc) is 2.88. The predicted molar refractivity (Wildman–Crippen MR) is 144 cm³/mol. The maximum atomic E-state index is 14.1. The van der Waals surface area contributed by atoms with Gasteiger partial charge in [-0.1, -0.05) is 0 Å². The molecule has 0 spiro atoms. The topological polar surface area (TPSA) is 120 Å². The second kappa shape index (κ2) is 10.6. The lowest BCUT2D eigenvalue weighted by atomic mass is 9.96. The number of ether oxygens (including phenoxy) is 2. The summed E-state index contributed by atoms with van der Waals surface area (Å²) in [6.45, 7) is 5.38. The number of rotatable bonds is 5. The number of aryl methyl sites for hydroxylation is 1. The molecule has 0 saturated carbocycles. The number of aromatic nitrogens is 2. The van der Waals surface area contributed by atoms with Crippen molar-refractivity contribution in [1.82, 2.24) is 14.9 Å². The van der Waals surface area contributed by atoms with E-state index in [0.29, 0.717) is 39.2 Å². The molecule has 1 saturated heterocycles. The third kappa shape index (κ3) is 5.61. The van der Waals surface area contributed by atoms with Crippen LogP contribution in [-0.4, -0.2) is 60.6 Å². The van der Waals surface area contributed by atoms with Crippen LogP contribution in [0.25, 0.3) is 10.9 Å². The van der Waals surface area contributed by atoms with Gasteiger partial charge in [0.15, 0.2) is 0 Å². The number of nitrogen functional groups attached to an aromatic ring is 1. The summed E-state index contributed by atoms with van der Waals surface area (Å²) in [6.07, 6.45) is -4.52. The Labute approximate surface area is 224 Å². The summed E-state index contributed by atoms with van der Waals surface area (Å²) >= 11 is 0. The van der Waals surface area contributed by atoms with Crippen molar-refractivity contribution in [2.45, 2.75) is 33.0 Å². The first-order chi connectivity index (χ1) is 18.3. The molecule has 2 heterocycles. The summed E-state index contributed by atoms with van der Waals surface area (Å²) in [5.74, 6) is 1.23. The Morgan fingerprint density at radius 1 is 1.13 bits per heavy atom. The fourth-order valence-corrected chi connectivity index (χ4v) is 7.74. The van der Waals surface area contributed by atoms with Crippen molar-refractivity contribution < 1.29 is 32.0 Å². The van der Waals surface area contributed by atoms with Gasteiger partial charge in [0.05, 0.1) is 36.6 Å². The van der Waals surface area contributed by atoms with E-state index in [9.17, 15) is 22.5 Å². The Bertz CT molecular complexity index is 1470. The van der Waals surface area contributed by atoms with Gasteiger partial charge < -0.3 is 30.0 Å². The second-order valence-electron chi connectivity index (χ2n) is 9.60. The van der Waals surface area contributed by atoms with E-state index >= 15 is 0 Å². The molecule has 2 aromatic carbocycles. The van der Waals surface area contributed by atoms with Crippen LogP contribution >= 0.6 is 7.14 Å². The van der Waals surface area contributed by atoms with Gasteiger partial charge in [0.1, 0.15) is 24.5 Å². The Kier molecular flexibility index (Phi) is 7.71. The summed E-state index contributed by atoms with van der Waals surface area (Å²) in [4.78, 5) is 22.5. The van der Waals surface area contributed by atoms with Gasteiger partial charge in [-0.05, 0) is 50.1 Å². The number of benzene rings is 2. The van der Waals surface area contributed by atoms with Gasteiger partial charge in [-0.15, -0.1) is 0 Å². The zero-order chi connectivity index (χ0) is 28.7. The minimum absolute atomic E-state index is 0.00344. The van der Waals surface area contributed by atoms with Crippen molar-refractivity contribution >= 4 is 40.9 Å². The molecule has 3 aromatic rings. The van der Waals surface area contributed by atoms with Gasteiger partial charge in [0.25, 0.3) is 0 Å². The quantitative estimate of drug-likeness (QED) is 0.324. The van der Waals surface area contributed by atoms with Gasteiger partial charge >= 0.3 is 12.3 Å². The number of nitrogens with two attached hydrogens (primary N) is 1. The number of halogens is 3. The Morgan fingerprint density at radius 3 is 2.38 bits per heavy atom. The highest BCUT2D eigenvalue weighted by atomic mass is 31.2. The molecule has 210 valence electrons. The minimum Gasteiger partial charge on any atom is -0.496 e. The average molecular weight is 566 g/mol. The van der Waals surface area contributed by atoms with E-state index in [2.05, 4.69) is 15.3 Å². The predicted octanol–water partition coefficient (Wildman–Crippen LogP) is 5.10. The molecule has 1 aliphatic heterocycles. The smallest absolute Gasteiger partial charge is 0.416 e. The number of anilines is 2. The Hall–Kier alpha value is -3.53. The summed E-state index contributed by atoms with van der Waals surface area (Å²) < 4.78 is 65.3.